The summed E-state index contributed by atoms with van der Waals surface area (Å²) < 4.78 is 0. The van der Waals surface area contributed by atoms with E-state index >= 15 is 0 Å². The summed E-state index contributed by atoms with van der Waals surface area (Å²) >= 11 is 0. The first-order chi connectivity index (χ1) is 7.36. The van der Waals surface area contributed by atoms with Gasteiger partial charge in [0.05, 0.1) is 0 Å². The van der Waals surface area contributed by atoms with Crippen molar-refractivity contribution in [1.82, 2.24) is 5.32 Å². The van der Waals surface area contributed by atoms with Crippen LogP contribution >= 0.6 is 0 Å². The van der Waals surface area contributed by atoms with Crippen molar-refractivity contribution >= 4 is 0 Å². The van der Waals surface area contributed by atoms with Gasteiger partial charge >= 0.3 is 0 Å². The maximum absolute atomic E-state index is 3.59. The van der Waals surface area contributed by atoms with Crippen LogP contribution in [0.3, 0.4) is 0 Å². The molecule has 2 atom stereocenters. The van der Waals surface area contributed by atoms with E-state index in [1.807, 2.05) is 0 Å². The maximum atomic E-state index is 3.59. The maximum Gasteiger partial charge on any atom is 0.0328 e. The summed E-state index contributed by atoms with van der Waals surface area (Å²) in [5, 5.41) is 3.59. The van der Waals surface area contributed by atoms with E-state index in [0.29, 0.717) is 6.04 Å². The summed E-state index contributed by atoms with van der Waals surface area (Å²) in [6.07, 6.45) is 3.91. The lowest BCUT2D eigenvalue weighted by Crippen LogP contribution is -2.18. The number of fused-ring (bicyclic) bond motifs is 1. The van der Waals surface area contributed by atoms with Gasteiger partial charge in [-0.15, -0.1) is 0 Å². The molecule has 1 aromatic carbocycles. The number of nitrogens with one attached hydrogen (secondary N) is 1. The fourth-order valence-electron chi connectivity index (χ4n) is 2.80. The Kier molecular flexibility index (Phi) is 3.42. The zero-order chi connectivity index (χ0) is 10.7. The van der Waals surface area contributed by atoms with Gasteiger partial charge in [-0.05, 0) is 36.4 Å². The lowest BCUT2D eigenvalue weighted by atomic mass is 9.97. The SMILES string of the molecule is CCCC1CC(NCC)c2ccccc21. The van der Waals surface area contributed by atoms with Crippen molar-refractivity contribution in [3.05, 3.63) is 35.4 Å². The molecule has 0 radical (unpaired) electrons. The van der Waals surface area contributed by atoms with E-state index in [4.69, 9.17) is 0 Å². The molecule has 1 heteroatoms. The molecule has 1 aliphatic rings. The predicted octanol–water partition coefficient (Wildman–Crippen LogP) is 3.62. The Hall–Kier alpha value is -0.820. The van der Waals surface area contributed by atoms with Crippen LogP contribution in [0.2, 0.25) is 0 Å². The fraction of sp³-hybridized carbons (Fsp3) is 0.571. The van der Waals surface area contributed by atoms with Crippen LogP contribution in [0, 0.1) is 0 Å². The van der Waals surface area contributed by atoms with Crippen molar-refractivity contribution in [2.24, 2.45) is 0 Å². The van der Waals surface area contributed by atoms with Crippen molar-refractivity contribution in [2.45, 2.75) is 45.1 Å². The molecule has 1 N–H and O–H groups in total. The van der Waals surface area contributed by atoms with Gasteiger partial charge in [-0.25, -0.2) is 0 Å². The van der Waals surface area contributed by atoms with E-state index < -0.39 is 0 Å². The topological polar surface area (TPSA) is 12.0 Å². The van der Waals surface area contributed by atoms with Gasteiger partial charge in [-0.2, -0.15) is 0 Å². The van der Waals surface area contributed by atoms with Crippen LogP contribution < -0.4 is 5.32 Å². The van der Waals surface area contributed by atoms with Crippen LogP contribution in [0.4, 0.5) is 0 Å². The number of benzene rings is 1. The quantitative estimate of drug-likeness (QED) is 0.788. The molecule has 0 aliphatic heterocycles. The molecule has 0 bridgehead atoms. The highest BCUT2D eigenvalue weighted by molar-refractivity contribution is 5.37. The minimum Gasteiger partial charge on any atom is -0.310 e. The largest absolute Gasteiger partial charge is 0.310 e. The minimum absolute atomic E-state index is 0.600. The van der Waals surface area contributed by atoms with Crippen LogP contribution in [-0.2, 0) is 0 Å². The molecule has 0 saturated heterocycles. The lowest BCUT2D eigenvalue weighted by molar-refractivity contribution is 0.489. The van der Waals surface area contributed by atoms with Gasteiger partial charge in [0.25, 0.3) is 0 Å². The summed E-state index contributed by atoms with van der Waals surface area (Å²) in [7, 11) is 0. The van der Waals surface area contributed by atoms with E-state index in [1.165, 1.54) is 24.8 Å². The summed E-state index contributed by atoms with van der Waals surface area (Å²) in [5.41, 5.74) is 3.13. The predicted molar refractivity (Wildman–Crippen MR) is 65.1 cm³/mol. The van der Waals surface area contributed by atoms with Crippen LogP contribution in [-0.4, -0.2) is 6.54 Å². The van der Waals surface area contributed by atoms with Crippen LogP contribution in [0.5, 0.6) is 0 Å². The van der Waals surface area contributed by atoms with Crippen molar-refractivity contribution in [2.75, 3.05) is 6.54 Å². The van der Waals surface area contributed by atoms with E-state index in [2.05, 4.69) is 43.4 Å². The monoisotopic (exact) mass is 203 g/mol. The highest BCUT2D eigenvalue weighted by atomic mass is 14.9. The summed E-state index contributed by atoms with van der Waals surface area (Å²) in [6.45, 7) is 5.54. The molecule has 0 heterocycles. The van der Waals surface area contributed by atoms with Crippen molar-refractivity contribution in [3.8, 4) is 0 Å². The molecule has 15 heavy (non-hydrogen) atoms. The molecule has 1 aromatic rings. The van der Waals surface area contributed by atoms with Crippen molar-refractivity contribution in [3.63, 3.8) is 0 Å². The van der Waals surface area contributed by atoms with E-state index in [0.717, 1.165) is 12.5 Å². The Labute approximate surface area is 92.9 Å². The van der Waals surface area contributed by atoms with Gasteiger partial charge in [-0.3, -0.25) is 0 Å². The highest BCUT2D eigenvalue weighted by Crippen LogP contribution is 2.42. The zero-order valence-corrected chi connectivity index (χ0v) is 9.79. The van der Waals surface area contributed by atoms with Gasteiger partial charge in [-0.1, -0.05) is 44.5 Å². The van der Waals surface area contributed by atoms with Crippen molar-refractivity contribution < 1.29 is 0 Å². The second kappa shape index (κ2) is 4.80. The minimum atomic E-state index is 0.600. The lowest BCUT2D eigenvalue weighted by Gasteiger charge is -2.12. The number of hydrogen-bond acceptors (Lipinski definition) is 1. The Bertz CT molecular complexity index is 288. The molecule has 82 valence electrons. The molecule has 0 spiro atoms. The molecular formula is C14H21N. The third-order valence-corrected chi connectivity index (χ3v) is 3.42. The highest BCUT2D eigenvalue weighted by Gasteiger charge is 2.28. The van der Waals surface area contributed by atoms with E-state index in [9.17, 15) is 0 Å². The Balaban J connectivity index is 2.22. The molecule has 1 aliphatic carbocycles. The Morgan fingerprint density at radius 1 is 1.20 bits per heavy atom. The molecule has 0 saturated carbocycles. The summed E-state index contributed by atoms with van der Waals surface area (Å²) in [5.74, 6) is 0.787. The van der Waals surface area contributed by atoms with Gasteiger partial charge in [0.15, 0.2) is 0 Å². The molecular weight excluding hydrogens is 182 g/mol. The molecule has 2 unspecified atom stereocenters. The summed E-state index contributed by atoms with van der Waals surface area (Å²) in [4.78, 5) is 0. The van der Waals surface area contributed by atoms with Gasteiger partial charge in [0.1, 0.15) is 0 Å². The average Bonchev–Trinajstić information content (AvgIpc) is 2.59. The molecule has 0 amide bonds. The van der Waals surface area contributed by atoms with Crippen LogP contribution in [0.15, 0.2) is 24.3 Å². The standard InChI is InChI=1S/C14H21N/c1-3-7-11-10-14(15-4-2)13-9-6-5-8-12(11)13/h5-6,8-9,11,14-15H,3-4,7,10H2,1-2H3. The Morgan fingerprint density at radius 3 is 2.60 bits per heavy atom. The Morgan fingerprint density at radius 2 is 1.93 bits per heavy atom. The van der Waals surface area contributed by atoms with Crippen molar-refractivity contribution in [1.29, 1.82) is 0 Å². The third kappa shape index (κ3) is 2.07. The number of hydrogen-bond donors (Lipinski definition) is 1. The second-order valence-electron chi connectivity index (χ2n) is 4.46. The first kappa shape index (κ1) is 10.7. The first-order valence-corrected chi connectivity index (χ1v) is 6.19. The van der Waals surface area contributed by atoms with Crippen LogP contribution in [0.1, 0.15) is 56.2 Å². The van der Waals surface area contributed by atoms with E-state index in [-0.39, 0.29) is 0 Å². The number of rotatable bonds is 4. The van der Waals surface area contributed by atoms with Gasteiger partial charge in [0.2, 0.25) is 0 Å². The first-order valence-electron chi connectivity index (χ1n) is 6.19. The van der Waals surface area contributed by atoms with E-state index in [1.54, 1.807) is 5.56 Å². The zero-order valence-electron chi connectivity index (χ0n) is 9.79. The molecule has 2 rings (SSSR count). The fourth-order valence-corrected chi connectivity index (χ4v) is 2.80. The average molecular weight is 203 g/mol. The second-order valence-corrected chi connectivity index (χ2v) is 4.46. The molecule has 1 nitrogen and oxygen atoms in total. The molecule has 0 fully saturated rings. The van der Waals surface area contributed by atoms with Gasteiger partial charge in [0, 0.05) is 6.04 Å². The normalized spacial score (nSPS) is 24.1. The molecule has 0 aromatic heterocycles. The smallest absolute Gasteiger partial charge is 0.0328 e. The summed E-state index contributed by atoms with van der Waals surface area (Å²) in [6, 6.07) is 9.54. The third-order valence-electron chi connectivity index (χ3n) is 3.42. The van der Waals surface area contributed by atoms with Gasteiger partial charge < -0.3 is 5.32 Å². The van der Waals surface area contributed by atoms with Crippen LogP contribution in [0.25, 0.3) is 0 Å².